The Morgan fingerprint density at radius 1 is 1.04 bits per heavy atom. The number of quaternary nitrogens is 1. The minimum Gasteiger partial charge on any atom is -0.489 e. The number of thioether (sulfide) groups is 1. The number of aromatic nitrogens is 4. The van der Waals surface area contributed by atoms with Crippen LogP contribution in [0, 0.1) is 0 Å². The number of rotatable bonds is 10. The molecule has 26 heavy (non-hydrogen) atoms. The zero-order valence-corrected chi connectivity index (χ0v) is 15.7. The van der Waals surface area contributed by atoms with Gasteiger partial charge in [0.2, 0.25) is 5.16 Å². The van der Waals surface area contributed by atoms with E-state index in [0.717, 1.165) is 36.2 Å². The minimum atomic E-state index is 0.602. The summed E-state index contributed by atoms with van der Waals surface area (Å²) in [7, 11) is 1.86. The third-order valence-corrected chi connectivity index (χ3v) is 5.01. The monoisotopic (exact) mass is 370 g/mol. The number of hydrogen-bond acceptors (Lipinski definition) is 5. The topological polar surface area (TPSA) is 69.4 Å². The summed E-state index contributed by atoms with van der Waals surface area (Å²) in [6.07, 6.45) is 1.12. The Labute approximate surface area is 158 Å². The molecule has 3 aromatic rings. The number of ether oxygens (including phenoxy) is 1. The zero-order chi connectivity index (χ0) is 18.0. The summed E-state index contributed by atoms with van der Waals surface area (Å²) in [4.78, 5) is 0. The fraction of sp³-hybridized carbons (Fsp3) is 0.316. The Morgan fingerprint density at radius 2 is 1.85 bits per heavy atom. The first-order chi connectivity index (χ1) is 12.8. The highest BCUT2D eigenvalue weighted by Crippen LogP contribution is 2.14. The minimum absolute atomic E-state index is 0.602. The van der Waals surface area contributed by atoms with Crippen molar-refractivity contribution in [1.29, 1.82) is 0 Å². The lowest BCUT2D eigenvalue weighted by molar-refractivity contribution is -0.670. The van der Waals surface area contributed by atoms with Crippen molar-refractivity contribution in [1.82, 2.24) is 20.2 Å². The molecular formula is C19H24N5OS+. The lowest BCUT2D eigenvalue weighted by atomic mass is 10.2. The van der Waals surface area contributed by atoms with Crippen LogP contribution >= 0.6 is 11.8 Å². The standard InChI is InChI=1S/C19H23N5OS/c1-24-19(21-22-23-24)26-13-5-12-20-14-16-8-10-18(11-9-16)25-15-17-6-3-2-4-7-17/h2-4,6-11,20H,5,12-15H2,1H3/p+1. The highest BCUT2D eigenvalue weighted by atomic mass is 32.2. The van der Waals surface area contributed by atoms with Gasteiger partial charge >= 0.3 is 0 Å². The van der Waals surface area contributed by atoms with Gasteiger partial charge in [0.1, 0.15) is 18.9 Å². The largest absolute Gasteiger partial charge is 0.489 e. The average Bonchev–Trinajstić information content (AvgIpc) is 3.09. The number of benzene rings is 2. The molecule has 2 aromatic carbocycles. The van der Waals surface area contributed by atoms with Gasteiger partial charge in [-0.25, -0.2) is 4.68 Å². The Kier molecular flexibility index (Phi) is 7.04. The number of tetrazole rings is 1. The Hall–Kier alpha value is -2.38. The van der Waals surface area contributed by atoms with Crippen LogP contribution < -0.4 is 10.1 Å². The van der Waals surface area contributed by atoms with Gasteiger partial charge in [0.15, 0.2) is 0 Å². The molecule has 0 saturated heterocycles. The second-order valence-corrected chi connectivity index (χ2v) is 7.05. The van der Waals surface area contributed by atoms with Crippen LogP contribution in [0.1, 0.15) is 17.5 Å². The van der Waals surface area contributed by atoms with Gasteiger partial charge in [0.05, 0.1) is 6.54 Å². The molecule has 1 aromatic heterocycles. The molecule has 0 fully saturated rings. The summed E-state index contributed by atoms with van der Waals surface area (Å²) in [5.74, 6) is 1.93. The SMILES string of the molecule is Cn1nnnc1SCCC[NH2+]Cc1ccc(OCc2ccccc2)cc1. The van der Waals surface area contributed by atoms with Crippen molar-refractivity contribution in [2.75, 3.05) is 12.3 Å². The van der Waals surface area contributed by atoms with Gasteiger partial charge in [-0.3, -0.25) is 0 Å². The molecule has 0 aliphatic rings. The number of nitrogens with two attached hydrogens (primary N) is 1. The number of hydrogen-bond donors (Lipinski definition) is 1. The van der Waals surface area contributed by atoms with Gasteiger partial charge in [0.25, 0.3) is 0 Å². The molecule has 136 valence electrons. The fourth-order valence-corrected chi connectivity index (χ4v) is 3.28. The van der Waals surface area contributed by atoms with Gasteiger partial charge in [-0.2, -0.15) is 0 Å². The lowest BCUT2D eigenvalue weighted by Gasteiger charge is -2.07. The molecule has 7 heteroatoms. The van der Waals surface area contributed by atoms with Gasteiger partial charge in [-0.15, -0.1) is 5.10 Å². The van der Waals surface area contributed by atoms with Gasteiger partial charge < -0.3 is 10.1 Å². The summed E-state index contributed by atoms with van der Waals surface area (Å²) < 4.78 is 7.52. The van der Waals surface area contributed by atoms with Crippen LogP contribution in [-0.4, -0.2) is 32.5 Å². The molecule has 6 nitrogen and oxygen atoms in total. The van der Waals surface area contributed by atoms with Crippen molar-refractivity contribution in [2.24, 2.45) is 7.05 Å². The van der Waals surface area contributed by atoms with E-state index < -0.39 is 0 Å². The van der Waals surface area contributed by atoms with E-state index in [-0.39, 0.29) is 0 Å². The first-order valence-corrected chi connectivity index (χ1v) is 9.72. The molecule has 0 bridgehead atoms. The third-order valence-electron chi connectivity index (χ3n) is 3.92. The first-order valence-electron chi connectivity index (χ1n) is 8.74. The third kappa shape index (κ3) is 5.86. The van der Waals surface area contributed by atoms with Crippen LogP contribution in [0.4, 0.5) is 0 Å². The Morgan fingerprint density at radius 3 is 2.58 bits per heavy atom. The summed E-state index contributed by atoms with van der Waals surface area (Å²) in [6.45, 7) is 2.67. The Bertz CT molecular complexity index is 776. The second kappa shape index (κ2) is 9.94. The van der Waals surface area contributed by atoms with Gasteiger partial charge in [0, 0.05) is 24.8 Å². The summed E-state index contributed by atoms with van der Waals surface area (Å²) >= 11 is 1.70. The maximum Gasteiger partial charge on any atom is 0.209 e. The molecule has 0 amide bonds. The number of nitrogens with zero attached hydrogens (tertiary/aromatic N) is 4. The van der Waals surface area contributed by atoms with Crippen LogP contribution in [0.5, 0.6) is 5.75 Å². The van der Waals surface area contributed by atoms with Crippen molar-refractivity contribution >= 4 is 11.8 Å². The molecule has 1 heterocycles. The van der Waals surface area contributed by atoms with E-state index in [1.165, 1.54) is 11.1 Å². The molecule has 0 atom stereocenters. The average molecular weight is 371 g/mol. The molecule has 0 spiro atoms. The maximum absolute atomic E-state index is 5.82. The molecule has 0 radical (unpaired) electrons. The van der Waals surface area contributed by atoms with Gasteiger partial charge in [-0.1, -0.05) is 42.1 Å². The smallest absolute Gasteiger partial charge is 0.209 e. The molecular weight excluding hydrogens is 346 g/mol. The predicted octanol–water partition coefficient (Wildman–Crippen LogP) is 2.03. The van der Waals surface area contributed by atoms with Crippen LogP contribution in [0.2, 0.25) is 0 Å². The molecule has 3 rings (SSSR count). The molecule has 0 aliphatic carbocycles. The summed E-state index contributed by atoms with van der Waals surface area (Å²) in [5.41, 5.74) is 2.49. The van der Waals surface area contributed by atoms with Crippen molar-refractivity contribution in [3.8, 4) is 5.75 Å². The highest BCUT2D eigenvalue weighted by molar-refractivity contribution is 7.99. The van der Waals surface area contributed by atoms with Crippen molar-refractivity contribution in [2.45, 2.75) is 24.7 Å². The van der Waals surface area contributed by atoms with Gasteiger partial charge in [-0.05, 0) is 40.3 Å². The van der Waals surface area contributed by atoms with E-state index in [1.807, 2.05) is 37.4 Å². The predicted molar refractivity (Wildman–Crippen MR) is 102 cm³/mol. The normalized spacial score (nSPS) is 10.8. The van der Waals surface area contributed by atoms with E-state index in [2.05, 4.69) is 45.1 Å². The number of aryl methyl sites for hydroxylation is 1. The summed E-state index contributed by atoms with van der Waals surface area (Å²) in [6, 6.07) is 18.6. The quantitative estimate of drug-likeness (QED) is 0.437. The molecule has 2 N–H and O–H groups in total. The second-order valence-electron chi connectivity index (χ2n) is 5.99. The van der Waals surface area contributed by atoms with E-state index in [4.69, 9.17) is 4.74 Å². The molecule has 0 aliphatic heterocycles. The first kappa shape index (κ1) is 18.4. The van der Waals surface area contributed by atoms with E-state index >= 15 is 0 Å². The zero-order valence-electron chi connectivity index (χ0n) is 14.9. The lowest BCUT2D eigenvalue weighted by Crippen LogP contribution is -2.82. The van der Waals surface area contributed by atoms with E-state index in [9.17, 15) is 0 Å². The van der Waals surface area contributed by atoms with Crippen molar-refractivity contribution in [3.63, 3.8) is 0 Å². The van der Waals surface area contributed by atoms with Crippen LogP contribution in [-0.2, 0) is 20.2 Å². The Balaban J connectivity index is 1.31. The highest BCUT2D eigenvalue weighted by Gasteiger charge is 2.03. The van der Waals surface area contributed by atoms with E-state index in [0.29, 0.717) is 6.61 Å². The molecule has 0 unspecified atom stereocenters. The maximum atomic E-state index is 5.82. The van der Waals surface area contributed by atoms with Crippen LogP contribution in [0.3, 0.4) is 0 Å². The van der Waals surface area contributed by atoms with Crippen molar-refractivity contribution in [3.05, 3.63) is 65.7 Å². The van der Waals surface area contributed by atoms with Crippen LogP contribution in [0.15, 0.2) is 59.8 Å². The molecule has 0 saturated carbocycles. The van der Waals surface area contributed by atoms with Crippen LogP contribution in [0.25, 0.3) is 0 Å². The van der Waals surface area contributed by atoms with Crippen molar-refractivity contribution < 1.29 is 10.1 Å². The fourth-order valence-electron chi connectivity index (χ4n) is 2.47. The van der Waals surface area contributed by atoms with E-state index in [1.54, 1.807) is 16.4 Å². The summed E-state index contributed by atoms with van der Waals surface area (Å²) in [5, 5.41) is 14.6.